The van der Waals surface area contributed by atoms with Crippen LogP contribution < -0.4 is 21.7 Å². The van der Waals surface area contributed by atoms with Gasteiger partial charge >= 0.3 is 0 Å². The number of hydrogen-bond acceptors (Lipinski definition) is 4. The van der Waals surface area contributed by atoms with Gasteiger partial charge in [-0.25, -0.2) is 0 Å². The lowest BCUT2D eigenvalue weighted by molar-refractivity contribution is -0.131. The molecule has 0 radical (unpaired) electrons. The lowest BCUT2D eigenvalue weighted by Crippen LogP contribution is -2.52. The van der Waals surface area contributed by atoms with E-state index in [9.17, 15) is 14.4 Å². The van der Waals surface area contributed by atoms with E-state index in [1.54, 1.807) is 0 Å². The monoisotopic (exact) mass is 460 g/mol. The summed E-state index contributed by atoms with van der Waals surface area (Å²) in [5.41, 5.74) is 7.51. The second-order valence-electron chi connectivity index (χ2n) is 8.45. The van der Waals surface area contributed by atoms with E-state index in [-0.39, 0.29) is 24.8 Å². The number of hydrogen-bond donors (Lipinski definition) is 4. The van der Waals surface area contributed by atoms with Gasteiger partial charge in [0.15, 0.2) is 0 Å². The Morgan fingerprint density at radius 3 is 2.35 bits per heavy atom. The van der Waals surface area contributed by atoms with Gasteiger partial charge in [-0.2, -0.15) is 0 Å². The van der Waals surface area contributed by atoms with Crippen molar-refractivity contribution in [2.45, 2.75) is 44.8 Å². The number of aryl methyl sites for hydroxylation is 1. The third-order valence-electron chi connectivity index (χ3n) is 5.58. The minimum absolute atomic E-state index is 0.209. The Hall–Kier alpha value is -3.71. The highest BCUT2D eigenvalue weighted by Crippen LogP contribution is 2.18. The van der Waals surface area contributed by atoms with Crippen LogP contribution in [0.15, 0.2) is 72.8 Å². The predicted molar refractivity (Wildman–Crippen MR) is 134 cm³/mol. The number of nitrogens with two attached hydrogens (primary N) is 1. The van der Waals surface area contributed by atoms with E-state index < -0.39 is 17.9 Å². The smallest absolute Gasteiger partial charge is 0.243 e. The van der Waals surface area contributed by atoms with Crippen LogP contribution in [0.25, 0.3) is 10.8 Å². The second kappa shape index (κ2) is 12.5. The summed E-state index contributed by atoms with van der Waals surface area (Å²) in [4.78, 5) is 36.6. The molecule has 0 saturated carbocycles. The minimum atomic E-state index is -0.999. The van der Waals surface area contributed by atoms with E-state index in [4.69, 9.17) is 5.73 Å². The highest BCUT2D eigenvalue weighted by molar-refractivity contribution is 5.91. The normalized spacial score (nSPS) is 12.6. The summed E-state index contributed by atoms with van der Waals surface area (Å²) in [5.74, 6) is -1.37. The van der Waals surface area contributed by atoms with Gasteiger partial charge in [-0.3, -0.25) is 14.4 Å². The first kappa shape index (κ1) is 24.9. The van der Waals surface area contributed by atoms with E-state index in [0.717, 1.165) is 5.56 Å². The molecule has 2 atom stereocenters. The zero-order valence-electron chi connectivity index (χ0n) is 19.4. The van der Waals surface area contributed by atoms with Gasteiger partial charge in [0, 0.05) is 25.6 Å². The molecule has 0 aliphatic heterocycles. The van der Waals surface area contributed by atoms with Crippen molar-refractivity contribution < 1.29 is 14.4 Å². The van der Waals surface area contributed by atoms with Crippen LogP contribution in [0.5, 0.6) is 0 Å². The van der Waals surface area contributed by atoms with Gasteiger partial charge in [0.05, 0.1) is 6.42 Å². The molecule has 0 saturated heterocycles. The van der Waals surface area contributed by atoms with Gasteiger partial charge in [0.1, 0.15) is 6.04 Å². The average Bonchev–Trinajstić information content (AvgIpc) is 2.83. The van der Waals surface area contributed by atoms with E-state index in [0.29, 0.717) is 19.5 Å². The van der Waals surface area contributed by atoms with Crippen LogP contribution in [-0.2, 0) is 27.3 Å². The second-order valence-corrected chi connectivity index (χ2v) is 8.45. The zero-order valence-corrected chi connectivity index (χ0v) is 19.4. The minimum Gasteiger partial charge on any atom is -0.370 e. The van der Waals surface area contributed by atoms with Crippen molar-refractivity contribution in [1.82, 2.24) is 16.0 Å². The van der Waals surface area contributed by atoms with Gasteiger partial charge in [0.25, 0.3) is 0 Å². The van der Waals surface area contributed by atoms with Crippen LogP contribution in [0.2, 0.25) is 0 Å². The topological polar surface area (TPSA) is 113 Å². The van der Waals surface area contributed by atoms with Crippen LogP contribution in [0.3, 0.4) is 0 Å². The summed E-state index contributed by atoms with van der Waals surface area (Å²) in [7, 11) is 0. The molecule has 3 rings (SSSR count). The summed E-state index contributed by atoms with van der Waals surface area (Å²) < 4.78 is 0. The van der Waals surface area contributed by atoms with Crippen molar-refractivity contribution in [2.75, 3.05) is 6.54 Å². The Labute approximate surface area is 200 Å². The number of primary amides is 1. The van der Waals surface area contributed by atoms with Crippen molar-refractivity contribution >= 4 is 28.5 Å². The molecule has 7 heteroatoms. The number of rotatable bonds is 12. The van der Waals surface area contributed by atoms with Crippen molar-refractivity contribution in [3.8, 4) is 0 Å². The Balaban J connectivity index is 1.48. The first-order valence-electron chi connectivity index (χ1n) is 11.5. The Kier molecular flexibility index (Phi) is 9.17. The molecule has 3 amide bonds. The molecule has 0 bridgehead atoms. The highest BCUT2D eigenvalue weighted by atomic mass is 16.2. The molecule has 178 valence electrons. The molecule has 2 unspecified atom stereocenters. The van der Waals surface area contributed by atoms with Crippen LogP contribution in [-0.4, -0.2) is 36.3 Å². The van der Waals surface area contributed by atoms with Crippen LogP contribution >= 0.6 is 0 Å². The van der Waals surface area contributed by atoms with Crippen LogP contribution in [0.4, 0.5) is 0 Å². The SMILES string of the molecule is CC(CNCc1cccc2ccccc12)NC(=O)C(CC(N)=O)NC(=O)CCc1ccccc1. The van der Waals surface area contributed by atoms with Crippen molar-refractivity contribution in [2.24, 2.45) is 5.73 Å². The van der Waals surface area contributed by atoms with E-state index in [1.165, 1.54) is 16.3 Å². The Morgan fingerprint density at radius 2 is 1.59 bits per heavy atom. The standard InChI is InChI=1S/C27H32N4O3/c1-19(17-29-18-22-12-7-11-21-10-5-6-13-23(21)22)30-27(34)24(16-25(28)32)31-26(33)15-14-20-8-3-2-4-9-20/h2-13,19,24,29H,14-18H2,1H3,(H2,28,32)(H,30,34)(H,31,33). The molecule has 0 heterocycles. The van der Waals surface area contributed by atoms with Crippen molar-refractivity contribution in [3.63, 3.8) is 0 Å². The number of fused-ring (bicyclic) bond motifs is 1. The molecule has 34 heavy (non-hydrogen) atoms. The number of carbonyl (C=O) groups excluding carboxylic acids is 3. The molecule has 5 N–H and O–H groups in total. The third-order valence-corrected chi connectivity index (χ3v) is 5.58. The largest absolute Gasteiger partial charge is 0.370 e. The molecular weight excluding hydrogens is 428 g/mol. The zero-order chi connectivity index (χ0) is 24.3. The quantitative estimate of drug-likeness (QED) is 0.332. The van der Waals surface area contributed by atoms with Gasteiger partial charge < -0.3 is 21.7 Å². The lowest BCUT2D eigenvalue weighted by atomic mass is 10.0. The molecule has 0 fully saturated rings. The lowest BCUT2D eigenvalue weighted by Gasteiger charge is -2.21. The van der Waals surface area contributed by atoms with Crippen molar-refractivity contribution in [1.29, 1.82) is 0 Å². The maximum Gasteiger partial charge on any atom is 0.243 e. The average molecular weight is 461 g/mol. The molecule has 3 aromatic rings. The summed E-state index contributed by atoms with van der Waals surface area (Å²) in [6, 6.07) is 22.8. The van der Waals surface area contributed by atoms with Crippen LogP contribution in [0.1, 0.15) is 30.9 Å². The molecule has 0 spiro atoms. The summed E-state index contributed by atoms with van der Waals surface area (Å²) >= 11 is 0. The van der Waals surface area contributed by atoms with E-state index >= 15 is 0 Å². The molecular formula is C27H32N4O3. The number of benzene rings is 3. The fourth-order valence-electron chi connectivity index (χ4n) is 3.84. The highest BCUT2D eigenvalue weighted by Gasteiger charge is 2.24. The Morgan fingerprint density at radius 1 is 0.882 bits per heavy atom. The Bertz CT molecular complexity index is 1110. The number of nitrogens with one attached hydrogen (secondary N) is 3. The van der Waals surface area contributed by atoms with E-state index in [2.05, 4.69) is 40.2 Å². The van der Waals surface area contributed by atoms with Crippen molar-refractivity contribution in [3.05, 3.63) is 83.9 Å². The number of carbonyl (C=O) groups is 3. The van der Waals surface area contributed by atoms with Crippen LogP contribution in [0, 0.1) is 0 Å². The molecule has 0 aliphatic rings. The maximum absolute atomic E-state index is 12.7. The van der Waals surface area contributed by atoms with Gasteiger partial charge in [-0.05, 0) is 35.2 Å². The molecule has 0 aliphatic carbocycles. The van der Waals surface area contributed by atoms with E-state index in [1.807, 2.05) is 55.5 Å². The molecule has 0 aromatic heterocycles. The predicted octanol–water partition coefficient (Wildman–Crippen LogP) is 2.43. The van der Waals surface area contributed by atoms with Gasteiger partial charge in [0.2, 0.25) is 17.7 Å². The van der Waals surface area contributed by atoms with Gasteiger partial charge in [-0.1, -0.05) is 72.8 Å². The fourth-order valence-corrected chi connectivity index (χ4v) is 3.84. The maximum atomic E-state index is 12.7. The first-order valence-corrected chi connectivity index (χ1v) is 11.5. The third kappa shape index (κ3) is 7.71. The van der Waals surface area contributed by atoms with Gasteiger partial charge in [-0.15, -0.1) is 0 Å². The summed E-state index contributed by atoms with van der Waals surface area (Å²) in [6.45, 7) is 3.05. The molecule has 3 aromatic carbocycles. The summed E-state index contributed by atoms with van der Waals surface area (Å²) in [5, 5.41) is 11.3. The number of amides is 3. The first-order chi connectivity index (χ1) is 16.4. The molecule has 7 nitrogen and oxygen atoms in total. The fraction of sp³-hybridized carbons (Fsp3) is 0.296. The summed E-state index contributed by atoms with van der Waals surface area (Å²) in [6.07, 6.45) is 0.514.